The van der Waals surface area contributed by atoms with E-state index in [-0.39, 0.29) is 29.0 Å². The minimum atomic E-state index is -0.377. The van der Waals surface area contributed by atoms with Crippen LogP contribution in [0.15, 0.2) is 16.7 Å². The Labute approximate surface area is 139 Å². The fourth-order valence-corrected chi connectivity index (χ4v) is 6.83. The Bertz CT molecular complexity index is 608. The zero-order valence-corrected chi connectivity index (χ0v) is 14.6. The van der Waals surface area contributed by atoms with Crippen molar-refractivity contribution in [2.24, 2.45) is 22.7 Å². The van der Waals surface area contributed by atoms with Crippen LogP contribution in [0.1, 0.15) is 64.2 Å². The Morgan fingerprint density at radius 3 is 2.65 bits per heavy atom. The topological polar surface area (TPSA) is 53.6 Å². The number of furan rings is 1. The zero-order chi connectivity index (χ0) is 16.5. The second kappa shape index (κ2) is 4.86. The van der Waals surface area contributed by atoms with Gasteiger partial charge in [0.2, 0.25) is 0 Å². The van der Waals surface area contributed by atoms with Crippen LogP contribution in [0.4, 0.5) is 0 Å². The predicted octanol–water partition coefficient (Wildman–Crippen LogP) is 3.67. The van der Waals surface area contributed by atoms with Crippen molar-refractivity contribution in [1.82, 2.24) is 0 Å². The first-order valence-corrected chi connectivity index (χ1v) is 9.22. The maximum atomic E-state index is 10.6. The van der Waals surface area contributed by atoms with Gasteiger partial charge in [0, 0.05) is 10.8 Å². The first-order valence-electron chi connectivity index (χ1n) is 9.22. The fourth-order valence-electron chi connectivity index (χ4n) is 6.83. The Kier molecular flexibility index (Phi) is 3.32. The third-order valence-corrected chi connectivity index (χ3v) is 8.14. The molecule has 6 atom stereocenters. The number of hydrogen-bond donors (Lipinski definition) is 2. The van der Waals surface area contributed by atoms with Crippen LogP contribution in [-0.2, 0) is 11.8 Å². The molecule has 3 nitrogen and oxygen atoms in total. The van der Waals surface area contributed by atoms with Crippen molar-refractivity contribution in [2.75, 3.05) is 6.61 Å². The first-order chi connectivity index (χ1) is 10.9. The van der Waals surface area contributed by atoms with Gasteiger partial charge in [-0.25, -0.2) is 0 Å². The molecule has 2 fully saturated rings. The van der Waals surface area contributed by atoms with E-state index in [1.807, 2.05) is 6.26 Å². The molecule has 128 valence electrons. The zero-order valence-electron chi connectivity index (χ0n) is 14.6. The van der Waals surface area contributed by atoms with E-state index in [2.05, 4.69) is 26.8 Å². The van der Waals surface area contributed by atoms with Gasteiger partial charge in [-0.15, -0.1) is 0 Å². The van der Waals surface area contributed by atoms with Crippen molar-refractivity contribution in [3.63, 3.8) is 0 Å². The van der Waals surface area contributed by atoms with Gasteiger partial charge in [-0.3, -0.25) is 0 Å². The lowest BCUT2D eigenvalue weighted by Gasteiger charge is -2.64. The normalized spacial score (nSPS) is 49.2. The van der Waals surface area contributed by atoms with E-state index in [1.54, 1.807) is 0 Å². The van der Waals surface area contributed by atoms with E-state index >= 15 is 0 Å². The maximum Gasteiger partial charge on any atom is 0.113 e. The maximum absolute atomic E-state index is 10.6. The lowest BCUT2D eigenvalue weighted by molar-refractivity contribution is -0.181. The third-order valence-electron chi connectivity index (χ3n) is 8.14. The summed E-state index contributed by atoms with van der Waals surface area (Å²) in [4.78, 5) is 0. The number of fused-ring (bicyclic) bond motifs is 5. The fraction of sp³-hybridized carbons (Fsp3) is 0.800. The molecule has 0 amide bonds. The molecule has 1 aromatic heterocycles. The van der Waals surface area contributed by atoms with Crippen molar-refractivity contribution in [2.45, 2.75) is 70.8 Å². The van der Waals surface area contributed by atoms with Crippen LogP contribution in [0.5, 0.6) is 0 Å². The van der Waals surface area contributed by atoms with Gasteiger partial charge in [0.05, 0.1) is 19.0 Å². The van der Waals surface area contributed by atoms with Crippen LogP contribution in [0.2, 0.25) is 0 Å². The van der Waals surface area contributed by atoms with Gasteiger partial charge in [0.15, 0.2) is 0 Å². The lowest BCUT2D eigenvalue weighted by Crippen LogP contribution is -2.62. The molecule has 1 aromatic rings. The van der Waals surface area contributed by atoms with Crippen molar-refractivity contribution in [3.8, 4) is 0 Å². The Hall–Kier alpha value is -0.800. The SMILES string of the molecule is C[C@]12CC[C@H](O)[C@](C)(CO)[C@@H]1CC[C@@]1(C)c3occc3CC[C@H]21. The van der Waals surface area contributed by atoms with Gasteiger partial charge >= 0.3 is 0 Å². The predicted molar refractivity (Wildman–Crippen MR) is 89.1 cm³/mol. The number of aryl methyl sites for hydroxylation is 1. The molecular weight excluding hydrogens is 288 g/mol. The summed E-state index contributed by atoms with van der Waals surface area (Å²) in [6, 6.07) is 2.15. The molecule has 0 unspecified atom stereocenters. The van der Waals surface area contributed by atoms with Crippen LogP contribution in [0, 0.1) is 22.7 Å². The average Bonchev–Trinajstić information content (AvgIpc) is 3.01. The summed E-state index contributed by atoms with van der Waals surface area (Å²) < 4.78 is 5.95. The molecule has 0 saturated heterocycles. The van der Waals surface area contributed by atoms with Crippen LogP contribution in [0.25, 0.3) is 0 Å². The standard InChI is InChI=1S/C20H30O3/c1-18-10-7-16(22)20(3,12-21)15(18)6-9-19(2)14(18)5-4-13-8-11-23-17(13)19/h8,11,14-16,21-22H,4-7,9-10,12H2,1-3H3/t14-,15-,16+,18-,19-,20-/m1/s1. The quantitative estimate of drug-likeness (QED) is 0.830. The third kappa shape index (κ3) is 1.84. The molecule has 3 heteroatoms. The van der Waals surface area contributed by atoms with Gasteiger partial charge in [0.1, 0.15) is 5.76 Å². The van der Waals surface area contributed by atoms with Crippen molar-refractivity contribution < 1.29 is 14.6 Å². The molecule has 0 aromatic carbocycles. The van der Waals surface area contributed by atoms with Crippen molar-refractivity contribution in [1.29, 1.82) is 0 Å². The molecule has 3 aliphatic rings. The molecule has 0 aliphatic heterocycles. The summed E-state index contributed by atoms with van der Waals surface area (Å²) >= 11 is 0. The highest BCUT2D eigenvalue weighted by Gasteiger charge is 2.63. The van der Waals surface area contributed by atoms with Gasteiger partial charge in [-0.2, -0.15) is 0 Å². The summed E-state index contributed by atoms with van der Waals surface area (Å²) in [5.41, 5.74) is 1.32. The second-order valence-corrected chi connectivity index (χ2v) is 9.10. The Morgan fingerprint density at radius 1 is 1.13 bits per heavy atom. The van der Waals surface area contributed by atoms with E-state index in [4.69, 9.17) is 4.42 Å². The number of aliphatic hydroxyl groups is 2. The Balaban J connectivity index is 1.79. The van der Waals surface area contributed by atoms with Crippen LogP contribution < -0.4 is 0 Å². The molecule has 0 radical (unpaired) electrons. The van der Waals surface area contributed by atoms with Gasteiger partial charge < -0.3 is 14.6 Å². The van der Waals surface area contributed by atoms with E-state index < -0.39 is 0 Å². The summed E-state index contributed by atoms with van der Waals surface area (Å²) in [7, 11) is 0. The number of rotatable bonds is 1. The molecular formula is C20H30O3. The first kappa shape index (κ1) is 15.7. The average molecular weight is 318 g/mol. The molecule has 1 heterocycles. The van der Waals surface area contributed by atoms with Gasteiger partial charge in [-0.1, -0.05) is 20.8 Å². The molecule has 0 bridgehead atoms. The molecule has 4 rings (SSSR count). The smallest absolute Gasteiger partial charge is 0.113 e. The highest BCUT2D eigenvalue weighted by Crippen LogP contribution is 2.66. The highest BCUT2D eigenvalue weighted by molar-refractivity contribution is 5.32. The van der Waals surface area contributed by atoms with Crippen LogP contribution in [0.3, 0.4) is 0 Å². The summed E-state index contributed by atoms with van der Waals surface area (Å²) in [5.74, 6) is 2.18. The van der Waals surface area contributed by atoms with E-state index in [0.29, 0.717) is 11.8 Å². The highest BCUT2D eigenvalue weighted by atomic mass is 16.3. The monoisotopic (exact) mass is 318 g/mol. The van der Waals surface area contributed by atoms with E-state index in [0.717, 1.165) is 32.1 Å². The largest absolute Gasteiger partial charge is 0.468 e. The second-order valence-electron chi connectivity index (χ2n) is 9.10. The molecule has 2 saturated carbocycles. The van der Waals surface area contributed by atoms with Crippen molar-refractivity contribution >= 4 is 0 Å². The molecule has 23 heavy (non-hydrogen) atoms. The Morgan fingerprint density at radius 2 is 1.91 bits per heavy atom. The van der Waals surface area contributed by atoms with E-state index in [1.165, 1.54) is 17.7 Å². The van der Waals surface area contributed by atoms with Crippen LogP contribution >= 0.6 is 0 Å². The molecule has 0 spiro atoms. The van der Waals surface area contributed by atoms with E-state index in [9.17, 15) is 10.2 Å². The van der Waals surface area contributed by atoms with Crippen molar-refractivity contribution in [3.05, 3.63) is 23.7 Å². The summed E-state index contributed by atoms with van der Waals surface area (Å²) in [6.45, 7) is 7.00. The molecule has 2 N–H and O–H groups in total. The van der Waals surface area contributed by atoms with Crippen LogP contribution in [-0.4, -0.2) is 22.9 Å². The van der Waals surface area contributed by atoms with Gasteiger partial charge in [0.25, 0.3) is 0 Å². The minimum Gasteiger partial charge on any atom is -0.468 e. The minimum absolute atomic E-state index is 0.0872. The number of hydrogen-bond acceptors (Lipinski definition) is 3. The lowest BCUT2D eigenvalue weighted by atomic mass is 9.40. The number of aliphatic hydroxyl groups excluding tert-OH is 2. The summed E-state index contributed by atoms with van der Waals surface area (Å²) in [5, 5.41) is 20.7. The summed E-state index contributed by atoms with van der Waals surface area (Å²) in [6.07, 6.45) is 7.82. The van der Waals surface area contributed by atoms with Gasteiger partial charge in [-0.05, 0) is 67.4 Å². The molecule has 3 aliphatic carbocycles.